The highest BCUT2D eigenvalue weighted by molar-refractivity contribution is 7.92. The predicted molar refractivity (Wildman–Crippen MR) is 64.1 cm³/mol. The Hall–Kier alpha value is 0.200. The molecule has 1 saturated carbocycles. The van der Waals surface area contributed by atoms with Crippen LogP contribution >= 0.6 is 12.4 Å². The Kier molecular flexibility index (Phi) is 4.07. The zero-order valence-corrected chi connectivity index (χ0v) is 10.6. The van der Waals surface area contributed by atoms with Gasteiger partial charge in [-0.25, -0.2) is 8.42 Å². The van der Waals surface area contributed by atoms with Crippen molar-refractivity contribution in [1.29, 1.82) is 0 Å². The summed E-state index contributed by atoms with van der Waals surface area (Å²) in [5, 5.41) is -0.240. The third-order valence-electron chi connectivity index (χ3n) is 3.75. The Labute approximate surface area is 98.1 Å². The second-order valence-corrected chi connectivity index (χ2v) is 7.09. The van der Waals surface area contributed by atoms with E-state index in [9.17, 15) is 8.42 Å². The molecule has 1 aliphatic heterocycles. The molecule has 1 saturated heterocycles. The van der Waals surface area contributed by atoms with Crippen molar-refractivity contribution in [2.75, 3.05) is 5.75 Å². The number of sulfone groups is 1. The maximum Gasteiger partial charge on any atom is 0.154 e. The Morgan fingerprint density at radius 1 is 1.07 bits per heavy atom. The molecule has 0 aromatic carbocycles. The summed E-state index contributed by atoms with van der Waals surface area (Å²) >= 11 is 0. The van der Waals surface area contributed by atoms with Gasteiger partial charge in [-0.2, -0.15) is 0 Å². The molecule has 0 aromatic heterocycles. The highest BCUT2D eigenvalue weighted by atomic mass is 35.5. The minimum atomic E-state index is -2.87. The molecule has 0 aromatic rings. The van der Waals surface area contributed by atoms with Gasteiger partial charge >= 0.3 is 0 Å². The zero-order valence-electron chi connectivity index (χ0n) is 8.94. The molecule has 0 unspecified atom stereocenters. The van der Waals surface area contributed by atoms with E-state index in [1.165, 1.54) is 6.42 Å². The van der Waals surface area contributed by atoms with Gasteiger partial charge in [0.25, 0.3) is 0 Å². The molecule has 2 aliphatic rings. The van der Waals surface area contributed by atoms with Crippen LogP contribution in [0.3, 0.4) is 0 Å². The first-order chi connectivity index (χ1) is 6.55. The third kappa shape index (κ3) is 2.48. The van der Waals surface area contributed by atoms with E-state index in [0.717, 1.165) is 38.5 Å². The van der Waals surface area contributed by atoms with Crippen LogP contribution in [0, 0.1) is 0 Å². The summed E-state index contributed by atoms with van der Waals surface area (Å²) in [6.45, 7) is 0. The minimum Gasteiger partial charge on any atom is -0.324 e. The molecule has 3 nitrogen and oxygen atoms in total. The van der Waals surface area contributed by atoms with Crippen LogP contribution in [0.25, 0.3) is 0 Å². The third-order valence-corrected chi connectivity index (χ3v) is 6.18. The first-order valence-corrected chi connectivity index (χ1v) is 7.27. The summed E-state index contributed by atoms with van der Waals surface area (Å²) in [6, 6.07) is 0. The van der Waals surface area contributed by atoms with Crippen LogP contribution < -0.4 is 5.73 Å². The Morgan fingerprint density at radius 2 is 1.67 bits per heavy atom. The lowest BCUT2D eigenvalue weighted by Gasteiger charge is -2.37. The minimum absolute atomic E-state index is 0. The second kappa shape index (κ2) is 4.60. The van der Waals surface area contributed by atoms with Gasteiger partial charge in [-0.05, 0) is 25.7 Å². The first-order valence-electron chi connectivity index (χ1n) is 5.55. The quantitative estimate of drug-likeness (QED) is 0.773. The second-order valence-electron chi connectivity index (χ2n) is 4.79. The highest BCUT2D eigenvalue weighted by Gasteiger charge is 2.46. The van der Waals surface area contributed by atoms with Gasteiger partial charge in [0, 0.05) is 5.54 Å². The molecule has 0 bridgehead atoms. The molecule has 0 radical (unpaired) electrons. The van der Waals surface area contributed by atoms with Gasteiger partial charge in [-0.3, -0.25) is 0 Å². The largest absolute Gasteiger partial charge is 0.324 e. The highest BCUT2D eigenvalue weighted by Crippen LogP contribution is 2.37. The van der Waals surface area contributed by atoms with Crippen molar-refractivity contribution in [1.82, 2.24) is 0 Å². The normalized spacial score (nSPS) is 33.3. The van der Waals surface area contributed by atoms with E-state index in [1.54, 1.807) is 0 Å². The van der Waals surface area contributed by atoms with Gasteiger partial charge in [0.2, 0.25) is 0 Å². The average molecular weight is 254 g/mol. The smallest absolute Gasteiger partial charge is 0.154 e. The summed E-state index contributed by atoms with van der Waals surface area (Å²) in [4.78, 5) is 0. The van der Waals surface area contributed by atoms with Crippen LogP contribution in [-0.4, -0.2) is 25.0 Å². The van der Waals surface area contributed by atoms with Crippen LogP contribution in [0.5, 0.6) is 0 Å². The Morgan fingerprint density at radius 3 is 2.13 bits per heavy atom. The molecule has 0 amide bonds. The Balaban J connectivity index is 0.00000112. The van der Waals surface area contributed by atoms with Crippen molar-refractivity contribution in [3.05, 3.63) is 0 Å². The van der Waals surface area contributed by atoms with Crippen molar-refractivity contribution in [3.8, 4) is 0 Å². The molecule has 0 spiro atoms. The average Bonchev–Trinajstić information content (AvgIpc) is 2.47. The molecule has 15 heavy (non-hydrogen) atoms. The fraction of sp³-hybridized carbons (Fsp3) is 1.00. The van der Waals surface area contributed by atoms with Gasteiger partial charge in [-0.15, -0.1) is 12.4 Å². The summed E-state index contributed by atoms with van der Waals surface area (Å²) in [7, 11) is -2.87. The van der Waals surface area contributed by atoms with Crippen LogP contribution in [0.2, 0.25) is 0 Å². The van der Waals surface area contributed by atoms with E-state index in [0.29, 0.717) is 5.75 Å². The van der Waals surface area contributed by atoms with Crippen molar-refractivity contribution in [3.63, 3.8) is 0 Å². The van der Waals surface area contributed by atoms with Crippen molar-refractivity contribution >= 4 is 22.2 Å². The van der Waals surface area contributed by atoms with E-state index in [4.69, 9.17) is 5.73 Å². The molecular formula is C10H20ClNO2S. The summed E-state index contributed by atoms with van der Waals surface area (Å²) < 4.78 is 23.6. The van der Waals surface area contributed by atoms with Crippen LogP contribution in [0.1, 0.15) is 44.9 Å². The lowest BCUT2D eigenvalue weighted by molar-refractivity contribution is 0.279. The van der Waals surface area contributed by atoms with Gasteiger partial charge in [0.05, 0.1) is 11.0 Å². The predicted octanol–water partition coefficient (Wildman–Crippen LogP) is 1.65. The fourth-order valence-electron chi connectivity index (χ4n) is 2.97. The van der Waals surface area contributed by atoms with Crippen molar-refractivity contribution in [2.24, 2.45) is 5.73 Å². The molecule has 2 rings (SSSR count). The van der Waals surface area contributed by atoms with Crippen LogP contribution in [-0.2, 0) is 9.84 Å². The van der Waals surface area contributed by atoms with E-state index >= 15 is 0 Å². The molecule has 1 aliphatic carbocycles. The molecular weight excluding hydrogens is 234 g/mol. The van der Waals surface area contributed by atoms with Gasteiger partial charge in [-0.1, -0.05) is 19.3 Å². The maximum absolute atomic E-state index is 11.8. The SMILES string of the molecule is Cl.NC1([C@@H]2CCCS2(=O)=O)CCCCC1. The number of hydrogen-bond donors (Lipinski definition) is 1. The van der Waals surface area contributed by atoms with E-state index in [-0.39, 0.29) is 17.7 Å². The lowest BCUT2D eigenvalue weighted by Crippen LogP contribution is -2.53. The summed E-state index contributed by atoms with van der Waals surface area (Å²) in [6.07, 6.45) is 6.81. The molecule has 1 atom stereocenters. The molecule has 1 heterocycles. The zero-order chi connectivity index (χ0) is 10.2. The van der Waals surface area contributed by atoms with Crippen LogP contribution in [0.15, 0.2) is 0 Å². The number of rotatable bonds is 1. The first kappa shape index (κ1) is 13.3. The summed E-state index contributed by atoms with van der Waals surface area (Å²) in [5.74, 6) is 0.358. The maximum atomic E-state index is 11.8. The number of hydrogen-bond acceptors (Lipinski definition) is 3. The molecule has 5 heteroatoms. The van der Waals surface area contributed by atoms with Gasteiger partial charge in [0.1, 0.15) is 0 Å². The van der Waals surface area contributed by atoms with Crippen molar-refractivity contribution in [2.45, 2.75) is 55.7 Å². The van der Waals surface area contributed by atoms with E-state index in [1.807, 2.05) is 0 Å². The Bertz CT molecular complexity index is 309. The van der Waals surface area contributed by atoms with Crippen LogP contribution in [0.4, 0.5) is 0 Å². The lowest BCUT2D eigenvalue weighted by atomic mass is 9.79. The van der Waals surface area contributed by atoms with E-state index < -0.39 is 15.4 Å². The van der Waals surface area contributed by atoms with Crippen molar-refractivity contribution < 1.29 is 8.42 Å². The van der Waals surface area contributed by atoms with E-state index in [2.05, 4.69) is 0 Å². The van der Waals surface area contributed by atoms with Gasteiger partial charge < -0.3 is 5.73 Å². The fourth-order valence-corrected chi connectivity index (χ4v) is 5.30. The monoisotopic (exact) mass is 253 g/mol. The molecule has 2 fully saturated rings. The topological polar surface area (TPSA) is 60.2 Å². The van der Waals surface area contributed by atoms with Gasteiger partial charge in [0.15, 0.2) is 9.84 Å². The number of halogens is 1. The molecule has 90 valence electrons. The standard InChI is InChI=1S/C10H19NO2S.ClH/c11-10(6-2-1-3-7-10)9-5-4-8-14(9,12)13;/h9H,1-8,11H2;1H/t9-;/m0./s1. The molecule has 2 N–H and O–H groups in total. The number of nitrogens with two attached hydrogens (primary N) is 1. The summed E-state index contributed by atoms with van der Waals surface area (Å²) in [5.41, 5.74) is 5.87.